The van der Waals surface area contributed by atoms with Crippen molar-refractivity contribution in [3.05, 3.63) is 24.3 Å². The lowest BCUT2D eigenvalue weighted by atomic mass is 9.98. The fourth-order valence-corrected chi connectivity index (χ4v) is 2.16. The van der Waals surface area contributed by atoms with Gasteiger partial charge in [0.15, 0.2) is 11.5 Å². The van der Waals surface area contributed by atoms with Gasteiger partial charge in [-0.3, -0.25) is 0 Å². The number of hydrogen-bond acceptors (Lipinski definition) is 3. The smallest absolute Gasteiger partial charge is 0.161 e. The van der Waals surface area contributed by atoms with E-state index in [0.29, 0.717) is 18.6 Å². The van der Waals surface area contributed by atoms with Crippen molar-refractivity contribution in [1.82, 2.24) is 5.32 Å². The van der Waals surface area contributed by atoms with E-state index in [4.69, 9.17) is 9.47 Å². The van der Waals surface area contributed by atoms with Gasteiger partial charge >= 0.3 is 0 Å². The van der Waals surface area contributed by atoms with Gasteiger partial charge in [0.2, 0.25) is 0 Å². The van der Waals surface area contributed by atoms with Gasteiger partial charge in [-0.15, -0.1) is 0 Å². The van der Waals surface area contributed by atoms with E-state index in [9.17, 15) is 0 Å². The predicted molar refractivity (Wildman–Crippen MR) is 64.0 cm³/mol. The van der Waals surface area contributed by atoms with Crippen LogP contribution in [0.1, 0.15) is 13.8 Å². The normalized spacial score (nSPS) is 20.9. The van der Waals surface area contributed by atoms with E-state index in [1.807, 2.05) is 31.3 Å². The number of fused-ring (bicyclic) bond motifs is 1. The molecule has 16 heavy (non-hydrogen) atoms. The molecule has 2 unspecified atom stereocenters. The first-order valence-corrected chi connectivity index (χ1v) is 5.78. The summed E-state index contributed by atoms with van der Waals surface area (Å²) < 4.78 is 11.7. The largest absolute Gasteiger partial charge is 0.486 e. The summed E-state index contributed by atoms with van der Waals surface area (Å²) in [6.07, 6.45) is 0.0832. The fraction of sp³-hybridized carbons (Fsp3) is 0.538. The molecule has 1 aliphatic rings. The highest BCUT2D eigenvalue weighted by Gasteiger charge is 2.29. The third-order valence-electron chi connectivity index (χ3n) is 2.98. The van der Waals surface area contributed by atoms with Crippen LogP contribution in [0.15, 0.2) is 24.3 Å². The molecular formula is C13H19NO2. The Morgan fingerprint density at radius 3 is 2.56 bits per heavy atom. The molecule has 88 valence electrons. The van der Waals surface area contributed by atoms with Crippen molar-refractivity contribution < 1.29 is 9.47 Å². The Hall–Kier alpha value is -1.22. The SMILES string of the molecule is CNC(C(C)C)C1COc2ccccc2O1. The molecule has 1 N–H and O–H groups in total. The lowest BCUT2D eigenvalue weighted by Crippen LogP contribution is -2.49. The number of likely N-dealkylation sites (N-methyl/N-ethyl adjacent to an activating group) is 1. The minimum atomic E-state index is 0.0832. The van der Waals surface area contributed by atoms with Gasteiger partial charge in [0.25, 0.3) is 0 Å². The van der Waals surface area contributed by atoms with E-state index >= 15 is 0 Å². The minimum Gasteiger partial charge on any atom is -0.486 e. The summed E-state index contributed by atoms with van der Waals surface area (Å²) in [4.78, 5) is 0. The zero-order valence-corrected chi connectivity index (χ0v) is 10.1. The first-order chi connectivity index (χ1) is 7.72. The van der Waals surface area contributed by atoms with Gasteiger partial charge < -0.3 is 14.8 Å². The van der Waals surface area contributed by atoms with Crippen LogP contribution in [0.3, 0.4) is 0 Å². The van der Waals surface area contributed by atoms with Crippen molar-refractivity contribution in [3.63, 3.8) is 0 Å². The van der Waals surface area contributed by atoms with Gasteiger partial charge in [0, 0.05) is 6.04 Å². The van der Waals surface area contributed by atoms with Gasteiger partial charge in [0.1, 0.15) is 12.7 Å². The van der Waals surface area contributed by atoms with Gasteiger partial charge in [0.05, 0.1) is 0 Å². The Balaban J connectivity index is 2.12. The van der Waals surface area contributed by atoms with Crippen LogP contribution in [0.25, 0.3) is 0 Å². The van der Waals surface area contributed by atoms with E-state index < -0.39 is 0 Å². The van der Waals surface area contributed by atoms with Crippen molar-refractivity contribution >= 4 is 0 Å². The van der Waals surface area contributed by atoms with Gasteiger partial charge in [-0.2, -0.15) is 0 Å². The molecule has 1 aromatic carbocycles. The highest BCUT2D eigenvalue weighted by Crippen LogP contribution is 2.32. The average Bonchev–Trinajstić information content (AvgIpc) is 2.29. The topological polar surface area (TPSA) is 30.5 Å². The molecule has 3 nitrogen and oxygen atoms in total. The van der Waals surface area contributed by atoms with E-state index in [0.717, 1.165) is 11.5 Å². The summed E-state index contributed by atoms with van der Waals surface area (Å²) >= 11 is 0. The number of rotatable bonds is 3. The summed E-state index contributed by atoms with van der Waals surface area (Å²) in [6.45, 7) is 4.98. The monoisotopic (exact) mass is 221 g/mol. The number of ether oxygens (including phenoxy) is 2. The van der Waals surface area contributed by atoms with E-state index in [2.05, 4.69) is 19.2 Å². The first kappa shape index (κ1) is 11.3. The predicted octanol–water partition coefficient (Wildman–Crippen LogP) is 2.07. The maximum atomic E-state index is 5.96. The summed E-state index contributed by atoms with van der Waals surface area (Å²) in [6, 6.07) is 8.13. The molecule has 0 saturated heterocycles. The Kier molecular flexibility index (Phi) is 3.34. The molecule has 2 atom stereocenters. The molecule has 0 fully saturated rings. The zero-order chi connectivity index (χ0) is 11.5. The van der Waals surface area contributed by atoms with Crippen LogP contribution in [0.5, 0.6) is 11.5 Å². The molecule has 0 bridgehead atoms. The number of benzene rings is 1. The second-order valence-corrected chi connectivity index (χ2v) is 4.47. The number of para-hydroxylation sites is 2. The third kappa shape index (κ3) is 2.14. The molecule has 1 heterocycles. The Morgan fingerprint density at radius 1 is 1.25 bits per heavy atom. The Labute approximate surface area is 96.8 Å². The molecule has 2 rings (SSSR count). The van der Waals surface area contributed by atoms with Crippen LogP contribution in [0.2, 0.25) is 0 Å². The van der Waals surface area contributed by atoms with Crippen LogP contribution >= 0.6 is 0 Å². The van der Waals surface area contributed by atoms with E-state index in [-0.39, 0.29) is 6.10 Å². The standard InChI is InChI=1S/C13H19NO2/c1-9(2)13(14-3)12-8-15-10-6-4-5-7-11(10)16-12/h4-7,9,12-14H,8H2,1-3H3. The molecule has 0 aliphatic carbocycles. The van der Waals surface area contributed by atoms with Crippen LogP contribution < -0.4 is 14.8 Å². The van der Waals surface area contributed by atoms with E-state index in [1.54, 1.807) is 0 Å². The minimum absolute atomic E-state index is 0.0832. The lowest BCUT2D eigenvalue weighted by Gasteiger charge is -2.34. The lowest BCUT2D eigenvalue weighted by molar-refractivity contribution is 0.0510. The van der Waals surface area contributed by atoms with Crippen LogP contribution in [-0.2, 0) is 0 Å². The van der Waals surface area contributed by atoms with E-state index in [1.165, 1.54) is 0 Å². The Bertz CT molecular complexity index is 352. The van der Waals surface area contributed by atoms with Crippen LogP contribution in [-0.4, -0.2) is 25.8 Å². The molecule has 1 aromatic rings. The second kappa shape index (κ2) is 4.74. The quantitative estimate of drug-likeness (QED) is 0.847. The van der Waals surface area contributed by atoms with Gasteiger partial charge in [-0.05, 0) is 25.1 Å². The van der Waals surface area contributed by atoms with Crippen LogP contribution in [0, 0.1) is 5.92 Å². The average molecular weight is 221 g/mol. The molecule has 0 saturated carbocycles. The van der Waals surface area contributed by atoms with Gasteiger partial charge in [-0.1, -0.05) is 26.0 Å². The molecule has 0 aromatic heterocycles. The first-order valence-electron chi connectivity index (χ1n) is 5.78. The summed E-state index contributed by atoms with van der Waals surface area (Å²) in [5, 5.41) is 3.30. The molecule has 0 radical (unpaired) electrons. The maximum Gasteiger partial charge on any atom is 0.161 e. The maximum absolute atomic E-state index is 5.96. The fourth-order valence-electron chi connectivity index (χ4n) is 2.16. The van der Waals surface area contributed by atoms with Crippen molar-refractivity contribution in [2.45, 2.75) is 26.0 Å². The van der Waals surface area contributed by atoms with Crippen molar-refractivity contribution in [2.24, 2.45) is 5.92 Å². The number of nitrogens with one attached hydrogen (secondary N) is 1. The summed E-state index contributed by atoms with van der Waals surface area (Å²) in [7, 11) is 1.97. The summed E-state index contributed by atoms with van der Waals surface area (Å²) in [5.41, 5.74) is 0. The van der Waals surface area contributed by atoms with Crippen LogP contribution in [0.4, 0.5) is 0 Å². The summed E-state index contributed by atoms with van der Waals surface area (Å²) in [5.74, 6) is 2.21. The van der Waals surface area contributed by atoms with Crippen molar-refractivity contribution in [2.75, 3.05) is 13.7 Å². The number of hydrogen-bond donors (Lipinski definition) is 1. The highest BCUT2D eigenvalue weighted by molar-refractivity contribution is 5.40. The van der Waals surface area contributed by atoms with Crippen molar-refractivity contribution in [1.29, 1.82) is 0 Å². The third-order valence-corrected chi connectivity index (χ3v) is 2.98. The molecular weight excluding hydrogens is 202 g/mol. The Morgan fingerprint density at radius 2 is 1.94 bits per heavy atom. The molecule has 0 spiro atoms. The second-order valence-electron chi connectivity index (χ2n) is 4.47. The molecule has 0 amide bonds. The van der Waals surface area contributed by atoms with Crippen molar-refractivity contribution in [3.8, 4) is 11.5 Å². The highest BCUT2D eigenvalue weighted by atomic mass is 16.6. The molecule has 3 heteroatoms. The zero-order valence-electron chi connectivity index (χ0n) is 10.1. The molecule has 1 aliphatic heterocycles. The van der Waals surface area contributed by atoms with Gasteiger partial charge in [-0.25, -0.2) is 0 Å².